The monoisotopic (exact) mass is 206 g/mol. The number of nitrogens with one attached hydrogen (secondary N) is 1. The van der Waals surface area contributed by atoms with Crippen LogP contribution in [0, 0.1) is 11.3 Å². The Balaban J connectivity index is 1.98. The second kappa shape index (κ2) is 7.02. The highest BCUT2D eigenvalue weighted by Crippen LogP contribution is 1.95. The fourth-order valence-corrected chi connectivity index (χ4v) is 1.42. The van der Waals surface area contributed by atoms with Crippen molar-refractivity contribution in [3.63, 3.8) is 0 Å². The molecule has 82 valence electrons. The summed E-state index contributed by atoms with van der Waals surface area (Å²) in [5, 5.41) is 11.7. The number of nitrogens with zero attached hydrogens (tertiary/aromatic N) is 3. The molecule has 1 rings (SSSR count). The lowest BCUT2D eigenvalue weighted by Crippen LogP contribution is -2.19. The lowest BCUT2D eigenvalue weighted by molar-refractivity contribution is 0.613. The Morgan fingerprint density at radius 1 is 1.47 bits per heavy atom. The number of aryl methyl sites for hydroxylation is 1. The molecular weight excluding hydrogens is 188 g/mol. The molecule has 0 radical (unpaired) electrons. The quantitative estimate of drug-likeness (QED) is 0.683. The first-order chi connectivity index (χ1) is 7.34. The van der Waals surface area contributed by atoms with E-state index in [1.165, 1.54) is 0 Å². The zero-order valence-corrected chi connectivity index (χ0v) is 9.24. The Bertz CT molecular complexity index is 311. The molecule has 1 aromatic heterocycles. The average Bonchev–Trinajstić information content (AvgIpc) is 2.63. The van der Waals surface area contributed by atoms with Gasteiger partial charge in [-0.1, -0.05) is 0 Å². The van der Waals surface area contributed by atoms with Crippen LogP contribution >= 0.6 is 0 Å². The minimum atomic E-state index is 0.668. The van der Waals surface area contributed by atoms with Gasteiger partial charge in [0.1, 0.15) is 5.82 Å². The SMILES string of the molecule is Cn1ccnc1CCNCCCCC#N. The van der Waals surface area contributed by atoms with E-state index in [0.29, 0.717) is 6.42 Å². The Morgan fingerprint density at radius 2 is 2.33 bits per heavy atom. The summed E-state index contributed by atoms with van der Waals surface area (Å²) < 4.78 is 2.04. The van der Waals surface area contributed by atoms with Crippen molar-refractivity contribution in [1.29, 1.82) is 5.26 Å². The van der Waals surface area contributed by atoms with E-state index in [1.54, 1.807) is 0 Å². The Kier molecular flexibility index (Phi) is 5.49. The van der Waals surface area contributed by atoms with E-state index < -0.39 is 0 Å². The summed E-state index contributed by atoms with van der Waals surface area (Å²) in [6.07, 6.45) is 7.48. The zero-order chi connectivity index (χ0) is 10.9. The van der Waals surface area contributed by atoms with Crippen molar-refractivity contribution in [1.82, 2.24) is 14.9 Å². The van der Waals surface area contributed by atoms with Crippen LogP contribution in [0.4, 0.5) is 0 Å². The number of unbranched alkanes of at least 4 members (excludes halogenated alkanes) is 2. The Labute approximate surface area is 90.9 Å². The van der Waals surface area contributed by atoms with Crippen LogP contribution in [0.15, 0.2) is 12.4 Å². The second-order valence-electron chi connectivity index (χ2n) is 3.57. The minimum Gasteiger partial charge on any atom is -0.338 e. The molecule has 0 atom stereocenters. The van der Waals surface area contributed by atoms with Gasteiger partial charge in [-0.15, -0.1) is 0 Å². The summed E-state index contributed by atoms with van der Waals surface area (Å²) in [5.41, 5.74) is 0. The third kappa shape index (κ3) is 4.61. The van der Waals surface area contributed by atoms with Crippen molar-refractivity contribution in [2.24, 2.45) is 7.05 Å². The topological polar surface area (TPSA) is 53.6 Å². The van der Waals surface area contributed by atoms with Gasteiger partial charge in [-0.25, -0.2) is 4.98 Å². The molecule has 0 saturated heterocycles. The van der Waals surface area contributed by atoms with Crippen LogP contribution in [0.1, 0.15) is 25.1 Å². The molecule has 1 aromatic rings. The lowest BCUT2D eigenvalue weighted by atomic mass is 10.2. The fraction of sp³-hybridized carbons (Fsp3) is 0.636. The first kappa shape index (κ1) is 11.7. The first-order valence-corrected chi connectivity index (χ1v) is 5.38. The van der Waals surface area contributed by atoms with Gasteiger partial charge in [-0.2, -0.15) is 5.26 Å². The van der Waals surface area contributed by atoms with E-state index in [1.807, 2.05) is 24.0 Å². The molecule has 0 bridgehead atoms. The second-order valence-corrected chi connectivity index (χ2v) is 3.57. The summed E-state index contributed by atoms with van der Waals surface area (Å²) in [7, 11) is 2.01. The highest BCUT2D eigenvalue weighted by molar-refractivity contribution is 4.91. The molecule has 4 nitrogen and oxygen atoms in total. The molecule has 0 saturated carbocycles. The van der Waals surface area contributed by atoms with Crippen molar-refractivity contribution in [2.45, 2.75) is 25.7 Å². The van der Waals surface area contributed by atoms with Gasteiger partial charge in [-0.3, -0.25) is 0 Å². The predicted octanol–water partition coefficient (Wildman–Crippen LogP) is 1.25. The van der Waals surface area contributed by atoms with Crippen molar-refractivity contribution >= 4 is 0 Å². The van der Waals surface area contributed by atoms with Gasteiger partial charge in [0, 0.05) is 38.8 Å². The first-order valence-electron chi connectivity index (χ1n) is 5.38. The van der Waals surface area contributed by atoms with E-state index >= 15 is 0 Å². The van der Waals surface area contributed by atoms with Crippen LogP contribution in [0.2, 0.25) is 0 Å². The van der Waals surface area contributed by atoms with Crippen LogP contribution in [-0.4, -0.2) is 22.6 Å². The zero-order valence-electron chi connectivity index (χ0n) is 9.24. The summed E-state index contributed by atoms with van der Waals surface area (Å²) in [6.45, 7) is 1.95. The molecule has 4 heteroatoms. The van der Waals surface area contributed by atoms with Crippen molar-refractivity contribution in [3.05, 3.63) is 18.2 Å². The van der Waals surface area contributed by atoms with E-state index in [2.05, 4.69) is 16.4 Å². The van der Waals surface area contributed by atoms with Gasteiger partial charge < -0.3 is 9.88 Å². The van der Waals surface area contributed by atoms with Crippen LogP contribution < -0.4 is 5.32 Å². The molecule has 0 aromatic carbocycles. The van der Waals surface area contributed by atoms with Gasteiger partial charge in [0.15, 0.2) is 0 Å². The largest absolute Gasteiger partial charge is 0.338 e. The minimum absolute atomic E-state index is 0.668. The molecule has 1 heterocycles. The molecule has 0 spiro atoms. The highest BCUT2D eigenvalue weighted by Gasteiger charge is 1.97. The maximum Gasteiger partial charge on any atom is 0.109 e. The molecule has 15 heavy (non-hydrogen) atoms. The van der Waals surface area contributed by atoms with Crippen LogP contribution in [0.5, 0.6) is 0 Å². The molecule has 0 aliphatic heterocycles. The third-order valence-electron chi connectivity index (χ3n) is 2.34. The summed E-state index contributed by atoms with van der Waals surface area (Å²) >= 11 is 0. The summed E-state index contributed by atoms with van der Waals surface area (Å²) in [4.78, 5) is 4.24. The van der Waals surface area contributed by atoms with Crippen molar-refractivity contribution in [2.75, 3.05) is 13.1 Å². The molecule has 0 amide bonds. The van der Waals surface area contributed by atoms with E-state index in [0.717, 1.165) is 38.2 Å². The number of imidazole rings is 1. The Hall–Kier alpha value is -1.34. The predicted molar refractivity (Wildman–Crippen MR) is 59.2 cm³/mol. The van der Waals surface area contributed by atoms with E-state index in [-0.39, 0.29) is 0 Å². The van der Waals surface area contributed by atoms with Crippen molar-refractivity contribution in [3.8, 4) is 6.07 Å². The van der Waals surface area contributed by atoms with Gasteiger partial charge in [-0.05, 0) is 19.4 Å². The van der Waals surface area contributed by atoms with Gasteiger partial charge in [0.05, 0.1) is 6.07 Å². The van der Waals surface area contributed by atoms with Gasteiger partial charge in [0.25, 0.3) is 0 Å². The summed E-state index contributed by atoms with van der Waals surface area (Å²) in [6, 6.07) is 2.15. The number of hydrogen-bond acceptors (Lipinski definition) is 3. The van der Waals surface area contributed by atoms with Crippen LogP contribution in [-0.2, 0) is 13.5 Å². The maximum absolute atomic E-state index is 8.34. The molecular formula is C11H18N4. The number of hydrogen-bond donors (Lipinski definition) is 1. The fourth-order valence-electron chi connectivity index (χ4n) is 1.42. The number of nitriles is 1. The summed E-state index contributed by atoms with van der Waals surface area (Å²) in [5.74, 6) is 1.11. The van der Waals surface area contributed by atoms with Crippen LogP contribution in [0.25, 0.3) is 0 Å². The number of aromatic nitrogens is 2. The molecule has 0 aliphatic rings. The van der Waals surface area contributed by atoms with E-state index in [4.69, 9.17) is 5.26 Å². The standard InChI is InChI=1S/C11H18N4/c1-15-10-9-14-11(15)5-8-13-7-4-2-3-6-12/h9-10,13H,2-5,7-8H2,1H3. The van der Waals surface area contributed by atoms with Crippen molar-refractivity contribution < 1.29 is 0 Å². The van der Waals surface area contributed by atoms with Gasteiger partial charge >= 0.3 is 0 Å². The smallest absolute Gasteiger partial charge is 0.109 e. The molecule has 0 fully saturated rings. The van der Waals surface area contributed by atoms with Gasteiger partial charge in [0.2, 0.25) is 0 Å². The molecule has 0 aliphatic carbocycles. The van der Waals surface area contributed by atoms with E-state index in [9.17, 15) is 0 Å². The highest BCUT2D eigenvalue weighted by atomic mass is 15.0. The third-order valence-corrected chi connectivity index (χ3v) is 2.34. The number of rotatable bonds is 7. The maximum atomic E-state index is 8.34. The average molecular weight is 206 g/mol. The molecule has 1 N–H and O–H groups in total. The Morgan fingerprint density at radius 3 is 3.00 bits per heavy atom. The normalized spacial score (nSPS) is 10.1. The molecule has 0 unspecified atom stereocenters. The lowest BCUT2D eigenvalue weighted by Gasteiger charge is -2.03. The van der Waals surface area contributed by atoms with Crippen LogP contribution in [0.3, 0.4) is 0 Å².